The number of imidazole rings is 1. The minimum atomic E-state index is -0.509. The number of carbonyl (C=O) groups excluding carboxylic acids is 1. The largest absolute Gasteiger partial charge is 0.364 e. The highest BCUT2D eigenvalue weighted by molar-refractivity contribution is 5.90. The van der Waals surface area contributed by atoms with Crippen molar-refractivity contribution in [3.05, 3.63) is 47.5 Å². The topological polar surface area (TPSA) is 60.9 Å². The lowest BCUT2D eigenvalue weighted by molar-refractivity contribution is 0.0996. The second kappa shape index (κ2) is 3.81. The first-order valence-corrected chi connectivity index (χ1v) is 5.00. The first-order chi connectivity index (χ1) is 7.59. The zero-order chi connectivity index (χ0) is 11.7. The third-order valence-corrected chi connectivity index (χ3v) is 2.53. The Morgan fingerprint density at radius 1 is 1.31 bits per heavy atom. The summed E-state index contributed by atoms with van der Waals surface area (Å²) in [6, 6.07) is 6.04. The van der Waals surface area contributed by atoms with Crippen LogP contribution >= 0.6 is 0 Å². The molecule has 16 heavy (non-hydrogen) atoms. The molecule has 0 atom stereocenters. The van der Waals surface area contributed by atoms with Gasteiger partial charge in [0.25, 0.3) is 5.91 Å². The Labute approximate surface area is 93.7 Å². The van der Waals surface area contributed by atoms with Crippen LogP contribution in [0.1, 0.15) is 21.6 Å². The lowest BCUT2D eigenvalue weighted by Crippen LogP contribution is -2.11. The maximum atomic E-state index is 11.0. The summed E-state index contributed by atoms with van der Waals surface area (Å²) in [4.78, 5) is 14.9. The Bertz CT molecular complexity index is 523. The number of aromatic nitrogens is 2. The molecule has 1 heterocycles. The van der Waals surface area contributed by atoms with Gasteiger partial charge in [-0.05, 0) is 25.0 Å². The molecule has 0 aliphatic rings. The van der Waals surface area contributed by atoms with Crippen LogP contribution < -0.4 is 5.73 Å². The van der Waals surface area contributed by atoms with Gasteiger partial charge in [-0.3, -0.25) is 4.79 Å². The van der Waals surface area contributed by atoms with Gasteiger partial charge >= 0.3 is 0 Å². The molecule has 0 aliphatic heterocycles. The van der Waals surface area contributed by atoms with E-state index < -0.39 is 5.91 Å². The molecule has 1 aromatic carbocycles. The van der Waals surface area contributed by atoms with Gasteiger partial charge in [0.15, 0.2) is 0 Å². The Morgan fingerprint density at radius 3 is 2.44 bits per heavy atom. The number of para-hydroxylation sites is 1. The predicted octanol–water partition coefficient (Wildman–Crippen LogP) is 1.59. The number of primary amides is 1. The highest BCUT2D eigenvalue weighted by Gasteiger charge is 2.08. The molecule has 1 aromatic heterocycles. The first-order valence-electron chi connectivity index (χ1n) is 5.00. The average molecular weight is 215 g/mol. The van der Waals surface area contributed by atoms with Crippen LogP contribution in [0.15, 0.2) is 30.7 Å². The van der Waals surface area contributed by atoms with Gasteiger partial charge < -0.3 is 10.3 Å². The monoisotopic (exact) mass is 215 g/mol. The number of rotatable bonds is 2. The quantitative estimate of drug-likeness (QED) is 0.826. The number of nitrogens with zero attached hydrogens (tertiary/aromatic N) is 2. The lowest BCUT2D eigenvalue weighted by Gasteiger charge is -2.09. The van der Waals surface area contributed by atoms with E-state index >= 15 is 0 Å². The molecule has 0 aliphatic carbocycles. The van der Waals surface area contributed by atoms with Crippen LogP contribution in [-0.4, -0.2) is 15.5 Å². The predicted molar refractivity (Wildman–Crippen MR) is 61.6 cm³/mol. The molecule has 82 valence electrons. The number of amides is 1. The van der Waals surface area contributed by atoms with E-state index in [0.717, 1.165) is 16.8 Å². The Hall–Kier alpha value is -2.10. The summed E-state index contributed by atoms with van der Waals surface area (Å²) >= 11 is 0. The SMILES string of the molecule is Cc1cccc(C)c1-n1cnc(C(N)=O)c1. The third kappa shape index (κ3) is 1.69. The van der Waals surface area contributed by atoms with Gasteiger partial charge in [0.2, 0.25) is 0 Å². The van der Waals surface area contributed by atoms with Crippen molar-refractivity contribution in [2.24, 2.45) is 5.73 Å². The van der Waals surface area contributed by atoms with Crippen LogP contribution in [0.25, 0.3) is 5.69 Å². The maximum absolute atomic E-state index is 11.0. The number of hydrogen-bond acceptors (Lipinski definition) is 2. The molecule has 2 rings (SSSR count). The van der Waals surface area contributed by atoms with Gasteiger partial charge in [-0.2, -0.15) is 0 Å². The van der Waals surface area contributed by atoms with Gasteiger partial charge in [0.05, 0.1) is 5.69 Å². The van der Waals surface area contributed by atoms with Crippen molar-refractivity contribution in [3.63, 3.8) is 0 Å². The molecule has 0 radical (unpaired) electrons. The van der Waals surface area contributed by atoms with Gasteiger partial charge in [-0.15, -0.1) is 0 Å². The third-order valence-electron chi connectivity index (χ3n) is 2.53. The smallest absolute Gasteiger partial charge is 0.268 e. The van der Waals surface area contributed by atoms with Crippen LogP contribution in [-0.2, 0) is 0 Å². The van der Waals surface area contributed by atoms with Crippen molar-refractivity contribution in [1.82, 2.24) is 9.55 Å². The molecule has 0 unspecified atom stereocenters. The molecule has 0 saturated heterocycles. The summed E-state index contributed by atoms with van der Waals surface area (Å²) in [6.07, 6.45) is 3.26. The van der Waals surface area contributed by atoms with Crippen LogP contribution in [0.5, 0.6) is 0 Å². The van der Waals surface area contributed by atoms with Crippen molar-refractivity contribution in [2.45, 2.75) is 13.8 Å². The number of nitrogens with two attached hydrogens (primary N) is 1. The maximum Gasteiger partial charge on any atom is 0.268 e. The molecular weight excluding hydrogens is 202 g/mol. The zero-order valence-corrected chi connectivity index (χ0v) is 9.27. The number of benzene rings is 1. The molecule has 0 bridgehead atoms. The van der Waals surface area contributed by atoms with E-state index in [0.29, 0.717) is 0 Å². The fraction of sp³-hybridized carbons (Fsp3) is 0.167. The summed E-state index contributed by atoms with van der Waals surface area (Å²) in [6.45, 7) is 4.04. The highest BCUT2D eigenvalue weighted by atomic mass is 16.1. The Balaban J connectivity index is 2.54. The average Bonchev–Trinajstić information content (AvgIpc) is 2.66. The fourth-order valence-corrected chi connectivity index (χ4v) is 1.79. The van der Waals surface area contributed by atoms with Crippen LogP contribution in [0.3, 0.4) is 0 Å². The normalized spacial score (nSPS) is 10.4. The summed E-state index contributed by atoms with van der Waals surface area (Å²) < 4.78 is 1.82. The molecule has 0 fully saturated rings. The summed E-state index contributed by atoms with van der Waals surface area (Å²) in [7, 11) is 0. The lowest BCUT2D eigenvalue weighted by atomic mass is 10.1. The van der Waals surface area contributed by atoms with E-state index in [2.05, 4.69) is 4.98 Å². The van der Waals surface area contributed by atoms with E-state index in [1.807, 2.05) is 36.6 Å². The van der Waals surface area contributed by atoms with Gasteiger partial charge in [0.1, 0.15) is 12.0 Å². The minimum absolute atomic E-state index is 0.280. The van der Waals surface area contributed by atoms with Crippen LogP contribution in [0.2, 0.25) is 0 Å². The van der Waals surface area contributed by atoms with Crippen LogP contribution in [0, 0.1) is 13.8 Å². The number of hydrogen-bond donors (Lipinski definition) is 1. The summed E-state index contributed by atoms with van der Waals surface area (Å²) in [5, 5.41) is 0. The Morgan fingerprint density at radius 2 is 1.94 bits per heavy atom. The molecular formula is C12H13N3O. The highest BCUT2D eigenvalue weighted by Crippen LogP contribution is 2.18. The first kappa shape index (κ1) is 10.4. The molecule has 0 spiro atoms. The summed E-state index contributed by atoms with van der Waals surface area (Å²) in [5.74, 6) is -0.509. The van der Waals surface area contributed by atoms with E-state index in [-0.39, 0.29) is 5.69 Å². The van der Waals surface area contributed by atoms with Gasteiger partial charge in [0, 0.05) is 6.20 Å². The van der Waals surface area contributed by atoms with Crippen LogP contribution in [0.4, 0.5) is 0 Å². The second-order valence-electron chi connectivity index (χ2n) is 3.77. The second-order valence-corrected chi connectivity index (χ2v) is 3.77. The molecule has 2 aromatic rings. The van der Waals surface area contributed by atoms with Crippen molar-refractivity contribution in [3.8, 4) is 5.69 Å². The van der Waals surface area contributed by atoms with Crippen molar-refractivity contribution < 1.29 is 4.79 Å². The number of aryl methyl sites for hydroxylation is 2. The molecule has 0 saturated carbocycles. The zero-order valence-electron chi connectivity index (χ0n) is 9.27. The summed E-state index contributed by atoms with van der Waals surface area (Å²) in [5.41, 5.74) is 8.76. The van der Waals surface area contributed by atoms with E-state index in [9.17, 15) is 4.79 Å². The van der Waals surface area contributed by atoms with E-state index in [4.69, 9.17) is 5.73 Å². The molecule has 2 N–H and O–H groups in total. The van der Waals surface area contributed by atoms with Gasteiger partial charge in [-0.25, -0.2) is 4.98 Å². The standard InChI is InChI=1S/C12H13N3O/c1-8-4-3-5-9(2)11(8)15-6-10(12(13)16)14-7-15/h3-7H,1-2H3,(H2,13,16). The number of carbonyl (C=O) groups is 1. The molecule has 4 nitrogen and oxygen atoms in total. The molecule has 1 amide bonds. The van der Waals surface area contributed by atoms with Crippen molar-refractivity contribution in [1.29, 1.82) is 0 Å². The van der Waals surface area contributed by atoms with E-state index in [1.54, 1.807) is 12.5 Å². The van der Waals surface area contributed by atoms with E-state index in [1.165, 1.54) is 0 Å². The van der Waals surface area contributed by atoms with Gasteiger partial charge in [-0.1, -0.05) is 18.2 Å². The molecule has 4 heteroatoms. The fourth-order valence-electron chi connectivity index (χ4n) is 1.79. The van der Waals surface area contributed by atoms with Crippen molar-refractivity contribution >= 4 is 5.91 Å². The van der Waals surface area contributed by atoms with Crippen molar-refractivity contribution in [2.75, 3.05) is 0 Å². The minimum Gasteiger partial charge on any atom is -0.364 e. The Kier molecular flexibility index (Phi) is 2.48.